The van der Waals surface area contributed by atoms with Crippen molar-refractivity contribution in [2.24, 2.45) is 0 Å². The number of fused-ring (bicyclic) bond motifs is 1. The highest BCUT2D eigenvalue weighted by Crippen LogP contribution is 2.35. The van der Waals surface area contributed by atoms with Crippen molar-refractivity contribution in [2.45, 2.75) is 43.8 Å². The van der Waals surface area contributed by atoms with Crippen LogP contribution in [0.3, 0.4) is 0 Å². The molecule has 0 radical (unpaired) electrons. The molecule has 1 aliphatic heterocycles. The highest BCUT2D eigenvalue weighted by molar-refractivity contribution is 7.98. The molecule has 7 nitrogen and oxygen atoms in total. The number of benzene rings is 2. The molecule has 1 aromatic heterocycles. The summed E-state index contributed by atoms with van der Waals surface area (Å²) in [6.07, 6.45) is 2.53. The number of hydrogen-bond acceptors (Lipinski definition) is 6. The normalized spacial score (nSPS) is 14.8. The number of aromatic nitrogens is 3. The Morgan fingerprint density at radius 2 is 2.17 bits per heavy atom. The van der Waals surface area contributed by atoms with E-state index in [1.807, 2.05) is 43.3 Å². The molecule has 0 spiro atoms. The number of aromatic amines is 1. The lowest BCUT2D eigenvalue weighted by Crippen LogP contribution is -2.23. The summed E-state index contributed by atoms with van der Waals surface area (Å²) in [4.78, 5) is 16.7. The van der Waals surface area contributed by atoms with Crippen molar-refractivity contribution in [1.82, 2.24) is 20.5 Å². The van der Waals surface area contributed by atoms with Crippen LogP contribution in [0.5, 0.6) is 11.5 Å². The number of rotatable bonds is 8. The number of hydrogen-bond donors (Lipinski definition) is 2. The second-order valence-corrected chi connectivity index (χ2v) is 8.06. The van der Waals surface area contributed by atoms with Gasteiger partial charge in [-0.1, -0.05) is 23.9 Å². The van der Waals surface area contributed by atoms with Crippen molar-refractivity contribution < 1.29 is 14.3 Å². The van der Waals surface area contributed by atoms with Crippen LogP contribution in [0, 0.1) is 0 Å². The van der Waals surface area contributed by atoms with Crippen molar-refractivity contribution in [2.75, 3.05) is 6.61 Å². The van der Waals surface area contributed by atoms with Gasteiger partial charge in [-0.25, -0.2) is 4.98 Å². The molecule has 2 N–H and O–H groups in total. The molecule has 0 fully saturated rings. The summed E-state index contributed by atoms with van der Waals surface area (Å²) in [7, 11) is 0. The predicted octanol–water partition coefficient (Wildman–Crippen LogP) is 3.75. The molecular weight excluding hydrogens is 400 g/mol. The van der Waals surface area contributed by atoms with E-state index in [9.17, 15) is 4.79 Å². The number of ether oxygens (including phenoxy) is 2. The lowest BCUT2D eigenvalue weighted by atomic mass is 10.1. The van der Waals surface area contributed by atoms with Crippen molar-refractivity contribution in [3.63, 3.8) is 0 Å². The third-order valence-corrected chi connectivity index (χ3v) is 5.75. The van der Waals surface area contributed by atoms with Crippen LogP contribution in [0.1, 0.15) is 40.9 Å². The van der Waals surface area contributed by atoms with Crippen LogP contribution in [0.2, 0.25) is 0 Å². The zero-order valence-electron chi connectivity index (χ0n) is 17.0. The van der Waals surface area contributed by atoms with Gasteiger partial charge in [-0.3, -0.25) is 9.89 Å². The Bertz CT molecular complexity index is 1010. The maximum absolute atomic E-state index is 12.6. The Hall–Kier alpha value is -3.00. The smallest absolute Gasteiger partial charge is 0.251 e. The SMILES string of the molecule is CCOc1cc2c(cc1CNC(=O)c1ccc(CSc3ncn[nH]3)cc1)OC(C)C2. The van der Waals surface area contributed by atoms with Crippen molar-refractivity contribution in [3.8, 4) is 11.5 Å². The highest BCUT2D eigenvalue weighted by atomic mass is 32.2. The molecule has 1 aliphatic rings. The summed E-state index contributed by atoms with van der Waals surface area (Å²) in [6, 6.07) is 11.6. The molecule has 1 atom stereocenters. The topological polar surface area (TPSA) is 89.1 Å². The number of nitrogens with zero attached hydrogens (tertiary/aromatic N) is 2. The third-order valence-electron chi connectivity index (χ3n) is 4.80. The van der Waals surface area contributed by atoms with Gasteiger partial charge in [0.1, 0.15) is 23.9 Å². The van der Waals surface area contributed by atoms with Crippen molar-refractivity contribution >= 4 is 17.7 Å². The largest absolute Gasteiger partial charge is 0.494 e. The average Bonchev–Trinajstić information content (AvgIpc) is 3.39. The van der Waals surface area contributed by atoms with E-state index in [-0.39, 0.29) is 12.0 Å². The van der Waals surface area contributed by atoms with E-state index in [2.05, 4.69) is 27.4 Å². The molecule has 1 amide bonds. The van der Waals surface area contributed by atoms with Crippen LogP contribution in [0.4, 0.5) is 0 Å². The van der Waals surface area contributed by atoms with Gasteiger partial charge in [-0.05, 0) is 43.7 Å². The quantitative estimate of drug-likeness (QED) is 0.536. The van der Waals surface area contributed by atoms with Crippen LogP contribution in [0.25, 0.3) is 0 Å². The minimum Gasteiger partial charge on any atom is -0.494 e. The molecule has 30 heavy (non-hydrogen) atoms. The van der Waals surface area contributed by atoms with E-state index in [1.165, 1.54) is 6.33 Å². The summed E-state index contributed by atoms with van der Waals surface area (Å²) in [5, 5.41) is 10.4. The van der Waals surface area contributed by atoms with Crippen LogP contribution in [-0.4, -0.2) is 33.8 Å². The number of carbonyl (C=O) groups is 1. The molecule has 1 unspecified atom stereocenters. The van der Waals surface area contributed by atoms with Gasteiger partial charge in [0.2, 0.25) is 0 Å². The highest BCUT2D eigenvalue weighted by Gasteiger charge is 2.22. The first kappa shape index (κ1) is 20.3. The number of carbonyl (C=O) groups excluding carboxylic acids is 1. The molecular formula is C22H24N4O3S. The zero-order chi connectivity index (χ0) is 20.9. The number of amides is 1. The average molecular weight is 425 g/mol. The summed E-state index contributed by atoms with van der Waals surface area (Å²) in [6.45, 7) is 4.96. The number of nitrogens with one attached hydrogen (secondary N) is 2. The number of H-pyrrole nitrogens is 1. The third kappa shape index (κ3) is 4.76. The van der Waals surface area contributed by atoms with E-state index >= 15 is 0 Å². The molecule has 8 heteroatoms. The maximum Gasteiger partial charge on any atom is 0.251 e. The standard InChI is InChI=1S/C22H24N4O3S/c1-3-28-19-9-17-8-14(2)29-20(17)10-18(19)11-23-21(27)16-6-4-15(5-7-16)12-30-22-24-13-25-26-22/h4-7,9-10,13-14H,3,8,11-12H2,1-2H3,(H,23,27)(H,24,25,26). The fourth-order valence-corrected chi connectivity index (χ4v) is 4.09. The molecule has 2 heterocycles. The fourth-order valence-electron chi connectivity index (χ4n) is 3.35. The molecule has 4 rings (SSSR count). The lowest BCUT2D eigenvalue weighted by molar-refractivity contribution is 0.0950. The second-order valence-electron chi connectivity index (χ2n) is 7.09. The van der Waals surface area contributed by atoms with E-state index in [0.29, 0.717) is 18.7 Å². The molecule has 0 aliphatic carbocycles. The lowest BCUT2D eigenvalue weighted by Gasteiger charge is -2.13. The van der Waals surface area contributed by atoms with Crippen molar-refractivity contribution in [3.05, 3.63) is 65.0 Å². The monoisotopic (exact) mass is 424 g/mol. The van der Waals surface area contributed by atoms with Crippen LogP contribution in [-0.2, 0) is 18.7 Å². The van der Waals surface area contributed by atoms with E-state index < -0.39 is 0 Å². The summed E-state index contributed by atoms with van der Waals surface area (Å²) < 4.78 is 11.6. The molecule has 0 bridgehead atoms. The van der Waals surface area contributed by atoms with Gasteiger partial charge in [-0.2, -0.15) is 5.10 Å². The Morgan fingerprint density at radius 1 is 1.33 bits per heavy atom. The summed E-state index contributed by atoms with van der Waals surface area (Å²) in [5.41, 5.74) is 3.79. The summed E-state index contributed by atoms with van der Waals surface area (Å²) >= 11 is 1.56. The van der Waals surface area contributed by atoms with Gasteiger partial charge in [0.25, 0.3) is 5.91 Å². The molecule has 0 saturated heterocycles. The van der Waals surface area contributed by atoms with Gasteiger partial charge in [0, 0.05) is 35.4 Å². The Morgan fingerprint density at radius 3 is 2.90 bits per heavy atom. The first-order chi connectivity index (χ1) is 14.6. The second kappa shape index (κ2) is 9.21. The number of thioether (sulfide) groups is 1. The maximum atomic E-state index is 12.6. The van der Waals surface area contributed by atoms with E-state index in [1.54, 1.807) is 11.8 Å². The minimum atomic E-state index is -0.123. The Kier molecular flexibility index (Phi) is 6.23. The van der Waals surface area contributed by atoms with E-state index in [0.717, 1.165) is 45.5 Å². The first-order valence-electron chi connectivity index (χ1n) is 9.93. The summed E-state index contributed by atoms with van der Waals surface area (Å²) in [5.74, 6) is 2.31. The van der Waals surface area contributed by atoms with Crippen molar-refractivity contribution in [1.29, 1.82) is 0 Å². The molecule has 2 aromatic carbocycles. The van der Waals surface area contributed by atoms with Gasteiger partial charge >= 0.3 is 0 Å². The Labute approximate surface area is 179 Å². The first-order valence-corrected chi connectivity index (χ1v) is 10.9. The van der Waals surface area contributed by atoms with Gasteiger partial charge in [-0.15, -0.1) is 0 Å². The van der Waals surface area contributed by atoms with Gasteiger partial charge in [0.15, 0.2) is 5.16 Å². The van der Waals surface area contributed by atoms with E-state index in [4.69, 9.17) is 9.47 Å². The molecule has 3 aromatic rings. The zero-order valence-corrected chi connectivity index (χ0v) is 17.8. The molecule has 156 valence electrons. The fraction of sp³-hybridized carbons (Fsp3) is 0.318. The van der Waals surface area contributed by atoms with Crippen LogP contribution in [0.15, 0.2) is 47.9 Å². The van der Waals surface area contributed by atoms with Crippen LogP contribution < -0.4 is 14.8 Å². The van der Waals surface area contributed by atoms with Gasteiger partial charge in [0.05, 0.1) is 6.61 Å². The molecule has 0 saturated carbocycles. The minimum absolute atomic E-state index is 0.123. The van der Waals surface area contributed by atoms with Crippen LogP contribution >= 0.6 is 11.8 Å². The predicted molar refractivity (Wildman–Crippen MR) is 115 cm³/mol. The Balaban J connectivity index is 1.38. The van der Waals surface area contributed by atoms with Gasteiger partial charge < -0.3 is 14.8 Å².